The highest BCUT2D eigenvalue weighted by molar-refractivity contribution is 7.94. The first-order valence-corrected chi connectivity index (χ1v) is 7.30. The van der Waals surface area contributed by atoms with Crippen molar-refractivity contribution in [2.45, 2.75) is 32.4 Å². The Morgan fingerprint density at radius 3 is 2.05 bits per heavy atom. The molecule has 1 aromatic carbocycles. The molecule has 0 bridgehead atoms. The van der Waals surface area contributed by atoms with Gasteiger partial charge in [-0.25, -0.2) is 8.42 Å². The van der Waals surface area contributed by atoms with E-state index in [2.05, 4.69) is 0 Å². The molecule has 106 valence electrons. The standard InChI is InChI=1S/C13H19NO4S/c1-10-5-7-11(8-6-10)14(9-12(15)16)19(17,18)13(2,3)4/h5-8H,9H2,1-4H3,(H,15,16). The van der Waals surface area contributed by atoms with E-state index in [1.807, 2.05) is 6.92 Å². The largest absolute Gasteiger partial charge is 0.480 e. The van der Waals surface area contributed by atoms with Crippen molar-refractivity contribution in [3.63, 3.8) is 0 Å². The zero-order valence-electron chi connectivity index (χ0n) is 11.5. The van der Waals surface area contributed by atoms with Crippen molar-refractivity contribution in [2.24, 2.45) is 0 Å². The highest BCUT2D eigenvalue weighted by Gasteiger charge is 2.36. The van der Waals surface area contributed by atoms with Crippen LogP contribution in [0.1, 0.15) is 26.3 Å². The van der Waals surface area contributed by atoms with Gasteiger partial charge in [-0.1, -0.05) is 17.7 Å². The van der Waals surface area contributed by atoms with Gasteiger partial charge in [-0.2, -0.15) is 0 Å². The average Bonchev–Trinajstić information content (AvgIpc) is 2.25. The van der Waals surface area contributed by atoms with Gasteiger partial charge in [0.25, 0.3) is 0 Å². The molecule has 1 rings (SSSR count). The van der Waals surface area contributed by atoms with Gasteiger partial charge in [0, 0.05) is 0 Å². The van der Waals surface area contributed by atoms with Crippen LogP contribution in [0, 0.1) is 6.92 Å². The molecule has 0 unspecified atom stereocenters. The van der Waals surface area contributed by atoms with E-state index in [0.29, 0.717) is 5.69 Å². The van der Waals surface area contributed by atoms with Crippen LogP contribution in [0.4, 0.5) is 5.69 Å². The molecule has 0 fully saturated rings. The second kappa shape index (κ2) is 5.21. The summed E-state index contributed by atoms with van der Waals surface area (Å²) in [7, 11) is -3.75. The smallest absolute Gasteiger partial charge is 0.324 e. The van der Waals surface area contributed by atoms with Crippen molar-refractivity contribution < 1.29 is 18.3 Å². The molecule has 0 aliphatic carbocycles. The summed E-state index contributed by atoms with van der Waals surface area (Å²) >= 11 is 0. The Bertz CT molecular complexity index is 555. The Labute approximate surface area is 113 Å². The van der Waals surface area contributed by atoms with Gasteiger partial charge in [-0.05, 0) is 39.8 Å². The second-order valence-corrected chi connectivity index (χ2v) is 7.97. The number of carboxylic acid groups (broad SMARTS) is 1. The highest BCUT2D eigenvalue weighted by atomic mass is 32.2. The van der Waals surface area contributed by atoms with Crippen LogP contribution in [-0.4, -0.2) is 30.8 Å². The number of anilines is 1. The predicted octanol–water partition coefficient (Wildman–Crippen LogP) is 2.01. The zero-order valence-corrected chi connectivity index (χ0v) is 12.4. The van der Waals surface area contributed by atoms with Gasteiger partial charge in [-0.15, -0.1) is 0 Å². The third-order valence-corrected chi connectivity index (χ3v) is 5.13. The fourth-order valence-corrected chi connectivity index (χ4v) is 2.82. The van der Waals surface area contributed by atoms with E-state index in [4.69, 9.17) is 5.11 Å². The van der Waals surface area contributed by atoms with Crippen LogP contribution in [0.15, 0.2) is 24.3 Å². The Hall–Kier alpha value is -1.56. The molecule has 1 aromatic rings. The van der Waals surface area contributed by atoms with Crippen molar-refractivity contribution in [3.05, 3.63) is 29.8 Å². The SMILES string of the molecule is Cc1ccc(N(CC(=O)O)S(=O)(=O)C(C)(C)C)cc1. The van der Waals surface area contributed by atoms with E-state index in [1.54, 1.807) is 45.0 Å². The van der Waals surface area contributed by atoms with Gasteiger partial charge in [0.1, 0.15) is 6.54 Å². The summed E-state index contributed by atoms with van der Waals surface area (Å²) in [5.41, 5.74) is 1.34. The lowest BCUT2D eigenvalue weighted by Gasteiger charge is -2.30. The number of rotatable bonds is 4. The molecule has 0 spiro atoms. The van der Waals surface area contributed by atoms with Crippen LogP contribution in [0.25, 0.3) is 0 Å². The molecule has 5 nitrogen and oxygen atoms in total. The van der Waals surface area contributed by atoms with Crippen LogP contribution in [0.3, 0.4) is 0 Å². The summed E-state index contributed by atoms with van der Waals surface area (Å²) in [5.74, 6) is -1.19. The maximum absolute atomic E-state index is 12.4. The molecule has 0 saturated carbocycles. The monoisotopic (exact) mass is 285 g/mol. The van der Waals surface area contributed by atoms with E-state index in [0.717, 1.165) is 9.87 Å². The molecule has 0 amide bonds. The van der Waals surface area contributed by atoms with E-state index in [-0.39, 0.29) is 0 Å². The number of benzene rings is 1. The van der Waals surface area contributed by atoms with E-state index in [1.165, 1.54) is 0 Å². The molecule has 0 heterocycles. The summed E-state index contributed by atoms with van der Waals surface area (Å²) in [5, 5.41) is 8.92. The third kappa shape index (κ3) is 3.47. The molecule has 0 saturated heterocycles. The highest BCUT2D eigenvalue weighted by Crippen LogP contribution is 2.26. The Kier molecular flexibility index (Phi) is 4.25. The minimum Gasteiger partial charge on any atom is -0.480 e. The Balaban J connectivity index is 3.31. The van der Waals surface area contributed by atoms with Crippen molar-refractivity contribution in [2.75, 3.05) is 10.8 Å². The van der Waals surface area contributed by atoms with Crippen molar-refractivity contribution in [3.8, 4) is 0 Å². The number of nitrogens with zero attached hydrogens (tertiary/aromatic N) is 1. The number of carboxylic acids is 1. The topological polar surface area (TPSA) is 74.7 Å². The fraction of sp³-hybridized carbons (Fsp3) is 0.462. The van der Waals surface area contributed by atoms with E-state index < -0.39 is 27.3 Å². The minimum absolute atomic E-state index is 0.364. The first-order valence-electron chi connectivity index (χ1n) is 5.86. The number of aryl methyl sites for hydroxylation is 1. The normalized spacial score (nSPS) is 12.2. The van der Waals surface area contributed by atoms with E-state index >= 15 is 0 Å². The molecule has 0 aromatic heterocycles. The second-order valence-electron chi connectivity index (χ2n) is 5.35. The van der Waals surface area contributed by atoms with Crippen LogP contribution < -0.4 is 4.31 Å². The average molecular weight is 285 g/mol. The van der Waals surface area contributed by atoms with Crippen LogP contribution in [-0.2, 0) is 14.8 Å². The zero-order chi connectivity index (χ0) is 14.8. The fourth-order valence-electron chi connectivity index (χ4n) is 1.48. The maximum atomic E-state index is 12.4. The van der Waals surface area contributed by atoms with E-state index in [9.17, 15) is 13.2 Å². The summed E-state index contributed by atoms with van der Waals surface area (Å²) in [6.45, 7) is 5.94. The number of aliphatic carboxylic acids is 1. The summed E-state index contributed by atoms with van der Waals surface area (Å²) < 4.78 is 24.7. The first-order chi connectivity index (χ1) is 8.55. The number of hydrogen-bond donors (Lipinski definition) is 1. The molecule has 19 heavy (non-hydrogen) atoms. The van der Waals surface area contributed by atoms with Gasteiger partial charge < -0.3 is 5.11 Å². The minimum atomic E-state index is -3.75. The van der Waals surface area contributed by atoms with Crippen LogP contribution >= 0.6 is 0 Å². The van der Waals surface area contributed by atoms with Crippen molar-refractivity contribution in [1.82, 2.24) is 0 Å². The Morgan fingerprint density at radius 1 is 1.21 bits per heavy atom. The van der Waals surface area contributed by atoms with Crippen molar-refractivity contribution in [1.29, 1.82) is 0 Å². The summed E-state index contributed by atoms with van der Waals surface area (Å²) in [6, 6.07) is 6.73. The number of carbonyl (C=O) groups is 1. The van der Waals surface area contributed by atoms with Crippen LogP contribution in [0.2, 0.25) is 0 Å². The molecule has 0 radical (unpaired) electrons. The molecular formula is C13H19NO4S. The summed E-state index contributed by atoms with van der Waals surface area (Å²) in [4.78, 5) is 10.9. The molecule has 0 aliphatic rings. The molecular weight excluding hydrogens is 266 g/mol. The van der Waals surface area contributed by atoms with Gasteiger partial charge in [0.05, 0.1) is 10.4 Å². The van der Waals surface area contributed by atoms with Crippen molar-refractivity contribution >= 4 is 21.7 Å². The van der Waals surface area contributed by atoms with Gasteiger partial charge in [-0.3, -0.25) is 9.10 Å². The van der Waals surface area contributed by atoms with Gasteiger partial charge >= 0.3 is 5.97 Å². The predicted molar refractivity (Wildman–Crippen MR) is 74.8 cm³/mol. The van der Waals surface area contributed by atoms with Crippen LogP contribution in [0.5, 0.6) is 0 Å². The lowest BCUT2D eigenvalue weighted by molar-refractivity contribution is -0.135. The molecule has 0 atom stereocenters. The Morgan fingerprint density at radius 2 is 1.68 bits per heavy atom. The lowest BCUT2D eigenvalue weighted by atomic mass is 10.2. The number of hydrogen-bond acceptors (Lipinski definition) is 3. The first kappa shape index (κ1) is 15.5. The lowest BCUT2D eigenvalue weighted by Crippen LogP contribution is -2.45. The quantitative estimate of drug-likeness (QED) is 0.918. The third-order valence-electron chi connectivity index (χ3n) is 2.66. The van der Waals surface area contributed by atoms with Gasteiger partial charge in [0.2, 0.25) is 10.0 Å². The maximum Gasteiger partial charge on any atom is 0.324 e. The number of sulfonamides is 1. The molecule has 1 N–H and O–H groups in total. The molecule has 0 aliphatic heterocycles. The van der Waals surface area contributed by atoms with Gasteiger partial charge in [0.15, 0.2) is 0 Å². The summed E-state index contributed by atoms with van der Waals surface area (Å²) in [6.07, 6.45) is 0. The molecule has 6 heteroatoms.